The summed E-state index contributed by atoms with van der Waals surface area (Å²) in [5, 5.41) is 2.84. The highest BCUT2D eigenvalue weighted by Gasteiger charge is 2.21. The summed E-state index contributed by atoms with van der Waals surface area (Å²) in [7, 11) is 0. The lowest BCUT2D eigenvalue weighted by Crippen LogP contribution is -2.38. The van der Waals surface area contributed by atoms with E-state index in [-0.39, 0.29) is 23.7 Å². The maximum absolute atomic E-state index is 12.3. The minimum atomic E-state index is -0.0844. The van der Waals surface area contributed by atoms with E-state index in [1.54, 1.807) is 0 Å². The van der Waals surface area contributed by atoms with Gasteiger partial charge in [0, 0.05) is 25.4 Å². The molecule has 1 aliphatic rings. The van der Waals surface area contributed by atoms with Gasteiger partial charge in [-0.15, -0.1) is 11.8 Å². The molecule has 1 aromatic rings. The Morgan fingerprint density at radius 2 is 2.04 bits per heavy atom. The molecule has 1 unspecified atom stereocenters. The van der Waals surface area contributed by atoms with Gasteiger partial charge in [0.25, 0.3) is 0 Å². The number of amides is 2. The molecule has 0 radical (unpaired) electrons. The number of hydrogen-bond acceptors (Lipinski definition) is 4. The predicted octanol–water partition coefficient (Wildman–Crippen LogP) is 2.69. The average Bonchev–Trinajstić information content (AvgIpc) is 3.07. The van der Waals surface area contributed by atoms with E-state index in [1.165, 1.54) is 11.8 Å². The van der Waals surface area contributed by atoms with Gasteiger partial charge in [0.05, 0.1) is 17.6 Å². The quantitative estimate of drug-likeness (QED) is 0.783. The van der Waals surface area contributed by atoms with Crippen molar-refractivity contribution >= 4 is 29.3 Å². The molecule has 5 nitrogen and oxygen atoms in total. The van der Waals surface area contributed by atoms with Crippen LogP contribution in [0.15, 0.2) is 24.3 Å². The van der Waals surface area contributed by atoms with Gasteiger partial charge >= 0.3 is 0 Å². The lowest BCUT2D eigenvalue weighted by atomic mass is 10.2. The second-order valence-electron chi connectivity index (χ2n) is 5.97. The van der Waals surface area contributed by atoms with Crippen LogP contribution in [0.2, 0.25) is 0 Å². The molecule has 0 saturated carbocycles. The Hall–Kier alpha value is -1.53. The van der Waals surface area contributed by atoms with Crippen LogP contribution >= 0.6 is 11.8 Å². The molecule has 1 atom stereocenters. The molecule has 0 aromatic heterocycles. The third kappa shape index (κ3) is 6.17. The van der Waals surface area contributed by atoms with Crippen molar-refractivity contribution in [2.24, 2.45) is 0 Å². The molecule has 1 saturated heterocycles. The molecule has 132 valence electrons. The minimum Gasteiger partial charge on any atom is -0.376 e. The maximum Gasteiger partial charge on any atom is 0.234 e. The smallest absolute Gasteiger partial charge is 0.234 e. The van der Waals surface area contributed by atoms with Gasteiger partial charge in [-0.05, 0) is 38.8 Å². The molecule has 2 amide bonds. The number of anilines is 1. The van der Waals surface area contributed by atoms with Crippen LogP contribution in [0.3, 0.4) is 0 Å². The number of thioether (sulfide) groups is 1. The first-order chi connectivity index (χ1) is 11.6. The van der Waals surface area contributed by atoms with Crippen molar-refractivity contribution in [3.05, 3.63) is 29.8 Å². The summed E-state index contributed by atoms with van der Waals surface area (Å²) in [6.45, 7) is 6.11. The van der Waals surface area contributed by atoms with Crippen LogP contribution in [0.25, 0.3) is 0 Å². The number of benzene rings is 1. The lowest BCUT2D eigenvalue weighted by molar-refractivity contribution is -0.129. The summed E-state index contributed by atoms with van der Waals surface area (Å²) >= 11 is 1.35. The number of aryl methyl sites for hydroxylation is 1. The topological polar surface area (TPSA) is 58.6 Å². The first-order valence-corrected chi connectivity index (χ1v) is 9.57. The molecular weight excluding hydrogens is 324 g/mol. The zero-order valence-corrected chi connectivity index (χ0v) is 15.2. The number of carbonyl (C=O) groups is 2. The van der Waals surface area contributed by atoms with Crippen LogP contribution in [-0.4, -0.2) is 54.0 Å². The van der Waals surface area contributed by atoms with Gasteiger partial charge in [-0.1, -0.05) is 17.7 Å². The van der Waals surface area contributed by atoms with Crippen molar-refractivity contribution in [2.45, 2.75) is 32.8 Å². The van der Waals surface area contributed by atoms with E-state index in [0.717, 1.165) is 30.7 Å². The van der Waals surface area contributed by atoms with Gasteiger partial charge in [-0.25, -0.2) is 0 Å². The molecule has 0 aliphatic carbocycles. The highest BCUT2D eigenvalue weighted by molar-refractivity contribution is 8.00. The third-order valence-electron chi connectivity index (χ3n) is 3.98. The van der Waals surface area contributed by atoms with Crippen LogP contribution < -0.4 is 5.32 Å². The van der Waals surface area contributed by atoms with Crippen molar-refractivity contribution in [1.82, 2.24) is 4.90 Å². The summed E-state index contributed by atoms with van der Waals surface area (Å²) in [5.41, 5.74) is 1.94. The van der Waals surface area contributed by atoms with Crippen molar-refractivity contribution in [2.75, 3.05) is 36.5 Å². The van der Waals surface area contributed by atoms with E-state index < -0.39 is 0 Å². The fourth-order valence-corrected chi connectivity index (χ4v) is 3.31. The number of ether oxygens (including phenoxy) is 1. The summed E-state index contributed by atoms with van der Waals surface area (Å²) in [5.74, 6) is 0.582. The van der Waals surface area contributed by atoms with Gasteiger partial charge in [0.15, 0.2) is 0 Å². The maximum atomic E-state index is 12.3. The molecule has 0 bridgehead atoms. The zero-order chi connectivity index (χ0) is 17.4. The second-order valence-corrected chi connectivity index (χ2v) is 6.96. The molecule has 0 spiro atoms. The fraction of sp³-hybridized carbons (Fsp3) is 0.556. The van der Waals surface area contributed by atoms with E-state index in [1.807, 2.05) is 43.0 Å². The van der Waals surface area contributed by atoms with Crippen LogP contribution in [0.1, 0.15) is 25.3 Å². The predicted molar refractivity (Wildman–Crippen MR) is 98.4 cm³/mol. The summed E-state index contributed by atoms with van der Waals surface area (Å²) in [4.78, 5) is 26.0. The molecule has 1 fully saturated rings. The fourth-order valence-electron chi connectivity index (χ4n) is 2.60. The number of hydrogen-bond donors (Lipinski definition) is 1. The number of carbonyl (C=O) groups excluding carboxylic acids is 2. The normalized spacial score (nSPS) is 16.8. The minimum absolute atomic E-state index is 0.0705. The number of nitrogens with zero attached hydrogens (tertiary/aromatic N) is 1. The lowest BCUT2D eigenvalue weighted by Gasteiger charge is -2.23. The highest BCUT2D eigenvalue weighted by atomic mass is 32.2. The van der Waals surface area contributed by atoms with Gasteiger partial charge in [-0.3, -0.25) is 9.59 Å². The first-order valence-electron chi connectivity index (χ1n) is 8.42. The first kappa shape index (κ1) is 18.8. The Balaban J connectivity index is 1.68. The second kappa shape index (κ2) is 9.69. The molecule has 2 rings (SSSR count). The van der Waals surface area contributed by atoms with E-state index >= 15 is 0 Å². The zero-order valence-electron chi connectivity index (χ0n) is 14.4. The van der Waals surface area contributed by atoms with Crippen LogP contribution in [0, 0.1) is 6.92 Å². The van der Waals surface area contributed by atoms with Gasteiger partial charge in [0.1, 0.15) is 0 Å². The van der Waals surface area contributed by atoms with Gasteiger partial charge in [0.2, 0.25) is 11.8 Å². The summed E-state index contributed by atoms with van der Waals surface area (Å²) in [6.07, 6.45) is 2.27. The Bertz CT molecular complexity index is 542. The number of rotatable bonds is 8. The third-order valence-corrected chi connectivity index (χ3v) is 4.89. The number of likely N-dealkylation sites (N-methyl/N-ethyl adjacent to an activating group) is 1. The van der Waals surface area contributed by atoms with Gasteiger partial charge < -0.3 is 15.0 Å². The SMILES string of the molecule is CCN(CC1CCCO1)C(=O)CSCC(=O)Nc1ccc(C)cc1. The van der Waals surface area contributed by atoms with E-state index in [9.17, 15) is 9.59 Å². The van der Waals surface area contributed by atoms with Gasteiger partial charge in [-0.2, -0.15) is 0 Å². The molecule has 24 heavy (non-hydrogen) atoms. The van der Waals surface area contributed by atoms with Crippen LogP contribution in [-0.2, 0) is 14.3 Å². The van der Waals surface area contributed by atoms with Crippen LogP contribution in [0.5, 0.6) is 0 Å². The van der Waals surface area contributed by atoms with Crippen LogP contribution in [0.4, 0.5) is 5.69 Å². The molecule has 1 N–H and O–H groups in total. The standard InChI is InChI=1S/C18H26N2O3S/c1-3-20(11-16-5-4-10-23-16)18(22)13-24-12-17(21)19-15-8-6-14(2)7-9-15/h6-9,16H,3-5,10-13H2,1-2H3,(H,19,21). The van der Waals surface area contributed by atoms with Crippen molar-refractivity contribution in [1.29, 1.82) is 0 Å². The summed E-state index contributed by atoms with van der Waals surface area (Å²) in [6, 6.07) is 7.67. The van der Waals surface area contributed by atoms with E-state index in [0.29, 0.717) is 18.8 Å². The Morgan fingerprint density at radius 1 is 1.29 bits per heavy atom. The Labute approximate surface area is 148 Å². The largest absolute Gasteiger partial charge is 0.376 e. The molecule has 1 aromatic carbocycles. The number of nitrogens with one attached hydrogen (secondary N) is 1. The molecule has 6 heteroatoms. The van der Waals surface area contributed by atoms with E-state index in [2.05, 4.69) is 5.32 Å². The van der Waals surface area contributed by atoms with E-state index in [4.69, 9.17) is 4.74 Å². The molecule has 1 heterocycles. The Morgan fingerprint density at radius 3 is 2.67 bits per heavy atom. The van der Waals surface area contributed by atoms with Crippen molar-refractivity contribution in [3.63, 3.8) is 0 Å². The molecular formula is C18H26N2O3S. The summed E-state index contributed by atoms with van der Waals surface area (Å²) < 4.78 is 5.59. The van der Waals surface area contributed by atoms with Crippen molar-refractivity contribution < 1.29 is 14.3 Å². The molecule has 1 aliphatic heterocycles. The highest BCUT2D eigenvalue weighted by Crippen LogP contribution is 2.14. The Kier molecular flexibility index (Phi) is 7.59. The monoisotopic (exact) mass is 350 g/mol. The average molecular weight is 350 g/mol. The van der Waals surface area contributed by atoms with Crippen molar-refractivity contribution in [3.8, 4) is 0 Å².